The lowest BCUT2D eigenvalue weighted by molar-refractivity contribution is -0.137. The van der Waals surface area contributed by atoms with Crippen LogP contribution in [-0.2, 0) is 11.0 Å². The molecule has 1 saturated heterocycles. The zero-order valence-electron chi connectivity index (χ0n) is 20.0. The average Bonchev–Trinajstić information content (AvgIpc) is 2.76. The zero-order valence-corrected chi connectivity index (χ0v) is 20.0. The molecule has 0 bridgehead atoms. The predicted molar refractivity (Wildman–Crippen MR) is 124 cm³/mol. The summed E-state index contributed by atoms with van der Waals surface area (Å²) in [4.78, 5) is 31.9. The smallest absolute Gasteiger partial charge is 0.387 e. The quantitative estimate of drug-likeness (QED) is 0.386. The van der Waals surface area contributed by atoms with E-state index in [4.69, 9.17) is 5.73 Å². The molecule has 1 fully saturated rings. The molecule has 1 aromatic carbocycles. The third-order valence-electron chi connectivity index (χ3n) is 6.28. The summed E-state index contributed by atoms with van der Waals surface area (Å²) in [5.41, 5.74) is 4.34. The summed E-state index contributed by atoms with van der Waals surface area (Å²) in [7, 11) is 0. The molecule has 0 aliphatic carbocycles. The van der Waals surface area contributed by atoms with Gasteiger partial charge < -0.3 is 10.6 Å². The van der Waals surface area contributed by atoms with Crippen LogP contribution in [0.1, 0.15) is 82.1 Å². The van der Waals surface area contributed by atoms with Crippen molar-refractivity contribution in [1.82, 2.24) is 4.90 Å². The van der Waals surface area contributed by atoms with Crippen LogP contribution in [0.15, 0.2) is 29.3 Å². The van der Waals surface area contributed by atoms with E-state index in [1.165, 1.54) is 12.1 Å². The van der Waals surface area contributed by atoms with Crippen molar-refractivity contribution in [3.63, 3.8) is 0 Å². The van der Waals surface area contributed by atoms with E-state index < -0.39 is 17.3 Å². The van der Waals surface area contributed by atoms with Gasteiger partial charge in [0.05, 0.1) is 11.4 Å². The van der Waals surface area contributed by atoms with Crippen molar-refractivity contribution in [2.24, 2.45) is 22.6 Å². The fourth-order valence-corrected chi connectivity index (χ4v) is 4.45. The number of alkyl halides is 3. The third-order valence-corrected chi connectivity index (χ3v) is 6.28. The average molecular weight is 468 g/mol. The molecule has 0 aromatic heterocycles. The molecular formula is C25H36F3N3O2. The van der Waals surface area contributed by atoms with Gasteiger partial charge in [-0.05, 0) is 62.6 Å². The molecule has 8 heteroatoms. The Balaban J connectivity index is 1.93. The van der Waals surface area contributed by atoms with Crippen molar-refractivity contribution in [2.75, 3.05) is 13.1 Å². The van der Waals surface area contributed by atoms with Crippen molar-refractivity contribution in [1.29, 1.82) is 0 Å². The molecule has 0 spiro atoms. The number of amidine groups is 1. The van der Waals surface area contributed by atoms with Gasteiger partial charge in [0.15, 0.2) is 5.78 Å². The van der Waals surface area contributed by atoms with E-state index in [9.17, 15) is 22.8 Å². The summed E-state index contributed by atoms with van der Waals surface area (Å²) in [5.74, 6) is 0.764. The van der Waals surface area contributed by atoms with Crippen molar-refractivity contribution < 1.29 is 22.8 Å². The highest BCUT2D eigenvalue weighted by Gasteiger charge is 2.34. The van der Waals surface area contributed by atoms with Gasteiger partial charge in [0.25, 0.3) is 5.91 Å². The van der Waals surface area contributed by atoms with Gasteiger partial charge in [-0.2, -0.15) is 13.2 Å². The van der Waals surface area contributed by atoms with E-state index in [0.29, 0.717) is 50.5 Å². The first kappa shape index (κ1) is 26.9. The number of rotatable bonds is 9. The largest absolute Gasteiger partial charge is 0.416 e. The standard InChI is InChI=1S/C25H36F3N3O2/c1-5-22(29)30-24(4,16-17(2)3)21(32)10-9-18-11-13-31(14-12-18)23(33)19-7-6-8-20(15-19)25(26,27)28/h6-8,15,17-18H,5,9-14,16H2,1-4H3,(H2,29,30). The van der Waals surface area contributed by atoms with Gasteiger partial charge in [0.1, 0.15) is 5.54 Å². The number of ketones is 1. The normalized spacial score (nSPS) is 17.8. The molecule has 1 aromatic rings. The summed E-state index contributed by atoms with van der Waals surface area (Å²) in [5, 5.41) is 0. The number of benzene rings is 1. The first-order valence-electron chi connectivity index (χ1n) is 11.7. The predicted octanol–water partition coefficient (Wildman–Crippen LogP) is 5.48. The highest BCUT2D eigenvalue weighted by atomic mass is 19.4. The lowest BCUT2D eigenvalue weighted by Gasteiger charge is -2.33. The van der Waals surface area contributed by atoms with Crippen molar-refractivity contribution >= 4 is 17.5 Å². The number of Topliss-reactive ketones (excluding diaryl/α,β-unsaturated/α-hetero) is 1. The number of piperidine rings is 1. The first-order chi connectivity index (χ1) is 15.4. The van der Waals surface area contributed by atoms with Gasteiger partial charge in [0, 0.05) is 31.5 Å². The SMILES string of the molecule is CCC(N)=NC(C)(CC(C)C)C(=O)CCC1CCN(C(=O)c2cccc(C(F)(F)F)c2)CC1. The molecule has 1 unspecified atom stereocenters. The van der Waals surface area contributed by atoms with Crippen LogP contribution in [0.5, 0.6) is 0 Å². The van der Waals surface area contributed by atoms with E-state index in [2.05, 4.69) is 18.8 Å². The Morgan fingerprint density at radius 2 is 1.85 bits per heavy atom. The molecule has 2 rings (SSSR count). The van der Waals surface area contributed by atoms with Gasteiger partial charge in [-0.3, -0.25) is 14.6 Å². The molecule has 1 atom stereocenters. The maximum absolute atomic E-state index is 13.0. The fourth-order valence-electron chi connectivity index (χ4n) is 4.45. The second-order valence-corrected chi connectivity index (χ2v) is 9.60. The molecule has 1 amide bonds. The van der Waals surface area contributed by atoms with E-state index in [1.807, 2.05) is 13.8 Å². The van der Waals surface area contributed by atoms with E-state index in [1.54, 1.807) is 4.90 Å². The van der Waals surface area contributed by atoms with Crippen LogP contribution in [0.25, 0.3) is 0 Å². The summed E-state index contributed by atoms with van der Waals surface area (Å²) >= 11 is 0. The second-order valence-electron chi connectivity index (χ2n) is 9.60. The van der Waals surface area contributed by atoms with Crippen molar-refractivity contribution in [3.8, 4) is 0 Å². The highest BCUT2D eigenvalue weighted by Crippen LogP contribution is 2.31. The number of hydrogen-bond acceptors (Lipinski definition) is 3. The molecule has 0 saturated carbocycles. The highest BCUT2D eigenvalue weighted by molar-refractivity contribution is 5.94. The summed E-state index contributed by atoms with van der Waals surface area (Å²) in [6.07, 6.45) is -0.699. The number of likely N-dealkylation sites (tertiary alicyclic amines) is 1. The number of nitrogens with zero attached hydrogens (tertiary/aromatic N) is 2. The Morgan fingerprint density at radius 3 is 2.39 bits per heavy atom. The molecular weight excluding hydrogens is 431 g/mol. The molecule has 1 aliphatic rings. The van der Waals surface area contributed by atoms with Gasteiger partial charge in [-0.25, -0.2) is 0 Å². The van der Waals surface area contributed by atoms with Crippen molar-refractivity contribution in [2.45, 2.75) is 77.9 Å². The van der Waals surface area contributed by atoms with Crippen LogP contribution in [0.2, 0.25) is 0 Å². The summed E-state index contributed by atoms with van der Waals surface area (Å²) in [6.45, 7) is 8.82. The minimum absolute atomic E-state index is 0.0503. The zero-order chi connectivity index (χ0) is 24.8. The molecule has 0 radical (unpaired) electrons. The summed E-state index contributed by atoms with van der Waals surface area (Å²) < 4.78 is 38.9. The number of nitrogens with two attached hydrogens (primary N) is 1. The number of halogens is 3. The number of amides is 1. The molecule has 1 heterocycles. The third kappa shape index (κ3) is 7.57. The lowest BCUT2D eigenvalue weighted by Crippen LogP contribution is -2.40. The minimum atomic E-state index is -4.48. The maximum atomic E-state index is 13.0. The Morgan fingerprint density at radius 1 is 1.21 bits per heavy atom. The van der Waals surface area contributed by atoms with Crippen LogP contribution in [-0.4, -0.2) is 41.1 Å². The van der Waals surface area contributed by atoms with Crippen LogP contribution in [0.4, 0.5) is 13.2 Å². The molecule has 33 heavy (non-hydrogen) atoms. The van der Waals surface area contributed by atoms with Gasteiger partial charge in [0.2, 0.25) is 0 Å². The molecule has 184 valence electrons. The minimum Gasteiger partial charge on any atom is -0.387 e. The Kier molecular flexibility index (Phi) is 9.09. The van der Waals surface area contributed by atoms with Crippen molar-refractivity contribution in [3.05, 3.63) is 35.4 Å². The van der Waals surface area contributed by atoms with Crippen LogP contribution in [0, 0.1) is 11.8 Å². The Bertz CT molecular complexity index is 859. The van der Waals surface area contributed by atoms with E-state index in [0.717, 1.165) is 25.0 Å². The molecule has 1 aliphatic heterocycles. The first-order valence-corrected chi connectivity index (χ1v) is 11.7. The Hall–Kier alpha value is -2.38. The van der Waals surface area contributed by atoms with Crippen LogP contribution < -0.4 is 5.73 Å². The number of carbonyl (C=O) groups is 2. The van der Waals surface area contributed by atoms with Gasteiger partial charge in [-0.15, -0.1) is 0 Å². The number of carbonyl (C=O) groups excluding carboxylic acids is 2. The summed E-state index contributed by atoms with van der Waals surface area (Å²) in [6, 6.07) is 4.55. The number of aliphatic imine (C=N–C) groups is 1. The van der Waals surface area contributed by atoms with Crippen LogP contribution >= 0.6 is 0 Å². The van der Waals surface area contributed by atoms with Gasteiger partial charge >= 0.3 is 6.18 Å². The lowest BCUT2D eigenvalue weighted by atomic mass is 9.82. The molecule has 5 nitrogen and oxygen atoms in total. The monoisotopic (exact) mass is 467 g/mol. The number of hydrogen-bond donors (Lipinski definition) is 1. The fraction of sp³-hybridized carbons (Fsp3) is 0.640. The maximum Gasteiger partial charge on any atom is 0.416 e. The van der Waals surface area contributed by atoms with Gasteiger partial charge in [-0.1, -0.05) is 26.8 Å². The Labute approximate surface area is 194 Å². The van der Waals surface area contributed by atoms with E-state index in [-0.39, 0.29) is 23.2 Å². The van der Waals surface area contributed by atoms with Crippen LogP contribution in [0.3, 0.4) is 0 Å². The topological polar surface area (TPSA) is 75.8 Å². The molecule has 2 N–H and O–H groups in total. The second kappa shape index (κ2) is 11.2. The van der Waals surface area contributed by atoms with E-state index >= 15 is 0 Å².